The Kier molecular flexibility index (Phi) is 1.43. The van der Waals surface area contributed by atoms with Gasteiger partial charge in [0.15, 0.2) is 0 Å². The molecule has 0 saturated heterocycles. The van der Waals surface area contributed by atoms with Gasteiger partial charge in [-0.15, -0.1) is 0 Å². The second-order valence-corrected chi connectivity index (χ2v) is 2.02. The summed E-state index contributed by atoms with van der Waals surface area (Å²) >= 11 is 4.88. The largest absolute Gasteiger partial charge is 0.288 e. The van der Waals surface area contributed by atoms with Crippen molar-refractivity contribution in [3.63, 3.8) is 0 Å². The van der Waals surface area contributed by atoms with Gasteiger partial charge in [0.05, 0.1) is 6.54 Å². The molecule has 3 nitrogen and oxygen atoms in total. The van der Waals surface area contributed by atoms with Crippen LogP contribution in [0.25, 0.3) is 0 Å². The highest BCUT2D eigenvalue weighted by Crippen LogP contribution is 1.87. The summed E-state index contributed by atoms with van der Waals surface area (Å²) in [5, 5.41) is 1.77. The van der Waals surface area contributed by atoms with Gasteiger partial charge in [-0.25, -0.2) is 0 Å². The molecule has 44 valence electrons. The van der Waals surface area contributed by atoms with Gasteiger partial charge in [-0.3, -0.25) is 15.4 Å². The maximum absolute atomic E-state index is 4.88. The summed E-state index contributed by atoms with van der Waals surface area (Å²) in [6.07, 6.45) is 1.63. The standard InChI is InChI=1S/C4H7N3S/c1-7-4(8)2-5-3-6-7/h3H,2H2,1H3,(H,5,6). The van der Waals surface area contributed by atoms with Crippen LogP contribution < -0.4 is 5.43 Å². The molecule has 0 radical (unpaired) electrons. The van der Waals surface area contributed by atoms with Crippen molar-refractivity contribution in [2.75, 3.05) is 13.6 Å². The van der Waals surface area contributed by atoms with Crippen LogP contribution in [0.2, 0.25) is 0 Å². The number of likely N-dealkylation sites (N-methyl/N-ethyl adjacent to an activating group) is 1. The molecule has 0 spiro atoms. The lowest BCUT2D eigenvalue weighted by atomic mass is 10.6. The monoisotopic (exact) mass is 129 g/mol. The molecule has 1 heterocycles. The lowest BCUT2D eigenvalue weighted by Gasteiger charge is -2.20. The molecule has 0 aliphatic carbocycles. The normalized spacial score (nSPS) is 18.6. The minimum Gasteiger partial charge on any atom is -0.288 e. The van der Waals surface area contributed by atoms with Crippen molar-refractivity contribution in [1.29, 1.82) is 0 Å². The van der Waals surface area contributed by atoms with Crippen LogP contribution in [-0.2, 0) is 0 Å². The summed E-state index contributed by atoms with van der Waals surface area (Å²) < 4.78 is 0. The van der Waals surface area contributed by atoms with Crippen molar-refractivity contribution < 1.29 is 0 Å². The fourth-order valence-electron chi connectivity index (χ4n) is 0.429. The second kappa shape index (κ2) is 2.09. The number of nitrogens with one attached hydrogen (secondary N) is 1. The van der Waals surface area contributed by atoms with E-state index in [4.69, 9.17) is 12.2 Å². The van der Waals surface area contributed by atoms with Crippen LogP contribution >= 0.6 is 12.2 Å². The van der Waals surface area contributed by atoms with Gasteiger partial charge in [-0.1, -0.05) is 12.2 Å². The smallest absolute Gasteiger partial charge is 0.118 e. The first-order valence-electron chi connectivity index (χ1n) is 2.32. The first kappa shape index (κ1) is 5.50. The van der Waals surface area contributed by atoms with E-state index in [0.29, 0.717) is 6.54 Å². The molecule has 0 amide bonds. The van der Waals surface area contributed by atoms with E-state index in [1.54, 1.807) is 11.3 Å². The van der Waals surface area contributed by atoms with Gasteiger partial charge in [0.2, 0.25) is 0 Å². The van der Waals surface area contributed by atoms with Gasteiger partial charge in [0, 0.05) is 7.05 Å². The van der Waals surface area contributed by atoms with Crippen molar-refractivity contribution in [2.45, 2.75) is 0 Å². The van der Waals surface area contributed by atoms with Gasteiger partial charge in [0.25, 0.3) is 0 Å². The van der Waals surface area contributed by atoms with Crippen LogP contribution in [0.15, 0.2) is 4.99 Å². The molecule has 0 unspecified atom stereocenters. The zero-order valence-electron chi connectivity index (χ0n) is 4.59. The number of rotatable bonds is 0. The molecule has 0 bridgehead atoms. The zero-order chi connectivity index (χ0) is 5.98. The van der Waals surface area contributed by atoms with Gasteiger partial charge in [-0.2, -0.15) is 0 Å². The molecule has 0 aromatic heterocycles. The zero-order valence-corrected chi connectivity index (χ0v) is 5.40. The Balaban J connectivity index is 2.57. The molecule has 0 aromatic rings. The number of aliphatic imine (C=N–C) groups is 1. The maximum Gasteiger partial charge on any atom is 0.118 e. The van der Waals surface area contributed by atoms with Crippen LogP contribution in [0.1, 0.15) is 0 Å². The number of hydrogen-bond donors (Lipinski definition) is 1. The highest BCUT2D eigenvalue weighted by atomic mass is 32.1. The number of hydrazine groups is 1. The van der Waals surface area contributed by atoms with Crippen LogP contribution in [-0.4, -0.2) is 29.9 Å². The van der Waals surface area contributed by atoms with Crippen molar-refractivity contribution in [3.8, 4) is 0 Å². The Morgan fingerprint density at radius 1 is 2.00 bits per heavy atom. The predicted octanol–water partition coefficient (Wildman–Crippen LogP) is -0.208. The number of nitrogens with zero attached hydrogens (tertiary/aromatic N) is 2. The second-order valence-electron chi connectivity index (χ2n) is 1.55. The van der Waals surface area contributed by atoms with E-state index in [1.165, 1.54) is 0 Å². The van der Waals surface area contributed by atoms with Gasteiger partial charge in [-0.05, 0) is 0 Å². The molecule has 1 N–H and O–H groups in total. The van der Waals surface area contributed by atoms with E-state index < -0.39 is 0 Å². The van der Waals surface area contributed by atoms with E-state index >= 15 is 0 Å². The minimum absolute atomic E-state index is 0.638. The molecule has 0 atom stereocenters. The highest BCUT2D eigenvalue weighted by molar-refractivity contribution is 7.80. The van der Waals surface area contributed by atoms with Crippen LogP contribution in [0.3, 0.4) is 0 Å². The predicted molar refractivity (Wildman–Crippen MR) is 36.9 cm³/mol. The first-order chi connectivity index (χ1) is 3.80. The maximum atomic E-state index is 4.88. The molecule has 8 heavy (non-hydrogen) atoms. The molecule has 4 heteroatoms. The third kappa shape index (κ3) is 0.949. The molecular formula is C4H7N3S. The molecule has 1 rings (SSSR count). The fraction of sp³-hybridized carbons (Fsp3) is 0.500. The van der Waals surface area contributed by atoms with Gasteiger partial charge in [0.1, 0.15) is 11.3 Å². The quantitative estimate of drug-likeness (QED) is 0.459. The van der Waals surface area contributed by atoms with Gasteiger partial charge < -0.3 is 0 Å². The van der Waals surface area contributed by atoms with Crippen LogP contribution in [0.4, 0.5) is 0 Å². The average Bonchev–Trinajstić information content (AvgIpc) is 1.77. The van der Waals surface area contributed by atoms with Gasteiger partial charge >= 0.3 is 0 Å². The lowest BCUT2D eigenvalue weighted by molar-refractivity contribution is 0.457. The summed E-state index contributed by atoms with van der Waals surface area (Å²) in [5.41, 5.74) is 2.83. The third-order valence-corrected chi connectivity index (χ3v) is 1.35. The summed E-state index contributed by atoms with van der Waals surface area (Å²) in [7, 11) is 1.87. The molecule has 1 aliphatic rings. The Morgan fingerprint density at radius 3 is 3.12 bits per heavy atom. The molecule has 1 aliphatic heterocycles. The SMILES string of the molecule is CN1NC=NCC1=S. The Morgan fingerprint density at radius 2 is 2.75 bits per heavy atom. The average molecular weight is 129 g/mol. The topological polar surface area (TPSA) is 27.6 Å². The third-order valence-electron chi connectivity index (χ3n) is 0.943. The van der Waals surface area contributed by atoms with E-state index in [-0.39, 0.29) is 0 Å². The van der Waals surface area contributed by atoms with Crippen LogP contribution in [0, 0.1) is 0 Å². The molecule has 0 aromatic carbocycles. The van der Waals surface area contributed by atoms with E-state index in [0.717, 1.165) is 4.99 Å². The Bertz CT molecular complexity index is 131. The van der Waals surface area contributed by atoms with E-state index in [9.17, 15) is 0 Å². The Hall–Kier alpha value is -0.640. The summed E-state index contributed by atoms with van der Waals surface area (Å²) in [4.78, 5) is 4.72. The minimum atomic E-state index is 0.638. The summed E-state index contributed by atoms with van der Waals surface area (Å²) in [6, 6.07) is 0. The van der Waals surface area contributed by atoms with Crippen molar-refractivity contribution in [3.05, 3.63) is 0 Å². The van der Waals surface area contributed by atoms with Crippen LogP contribution in [0.5, 0.6) is 0 Å². The summed E-state index contributed by atoms with van der Waals surface area (Å²) in [5.74, 6) is 0. The Labute approximate surface area is 53.4 Å². The lowest BCUT2D eigenvalue weighted by Crippen LogP contribution is -2.42. The number of hydrogen-bond acceptors (Lipinski definition) is 3. The van der Waals surface area contributed by atoms with Crippen molar-refractivity contribution in [1.82, 2.24) is 10.4 Å². The van der Waals surface area contributed by atoms with Crippen molar-refractivity contribution in [2.24, 2.45) is 4.99 Å². The molecular weight excluding hydrogens is 122 g/mol. The molecule has 0 fully saturated rings. The molecule has 0 saturated carbocycles. The first-order valence-corrected chi connectivity index (χ1v) is 2.72. The fourth-order valence-corrected chi connectivity index (χ4v) is 0.556. The number of thiocarbonyl (C=S) groups is 1. The van der Waals surface area contributed by atoms with E-state index in [2.05, 4.69) is 10.4 Å². The van der Waals surface area contributed by atoms with Crippen molar-refractivity contribution >= 4 is 23.5 Å². The van der Waals surface area contributed by atoms with E-state index in [1.807, 2.05) is 7.05 Å². The summed E-state index contributed by atoms with van der Waals surface area (Å²) in [6.45, 7) is 0.638. The highest BCUT2D eigenvalue weighted by Gasteiger charge is 2.02.